The van der Waals surface area contributed by atoms with Gasteiger partial charge in [0.05, 0.1) is 6.61 Å². The molecule has 2 aromatic carbocycles. The van der Waals surface area contributed by atoms with Crippen LogP contribution in [0.25, 0.3) is 10.8 Å². The van der Waals surface area contributed by atoms with Gasteiger partial charge in [0.15, 0.2) is 0 Å². The normalized spacial score (nSPS) is 10.8. The fourth-order valence-corrected chi connectivity index (χ4v) is 1.94. The minimum Gasteiger partial charge on any atom is -0.392 e. The minimum absolute atomic E-state index is 0.123. The molecule has 1 nitrogen and oxygen atoms in total. The van der Waals surface area contributed by atoms with Crippen molar-refractivity contribution in [1.82, 2.24) is 0 Å². The van der Waals surface area contributed by atoms with Crippen molar-refractivity contribution in [2.75, 3.05) is 0 Å². The summed E-state index contributed by atoms with van der Waals surface area (Å²) in [5.41, 5.74) is 3.45. The molecule has 0 atom stereocenters. The van der Waals surface area contributed by atoms with E-state index >= 15 is 0 Å². The Bertz CT molecular complexity index is 472. The minimum atomic E-state index is 0.123. The summed E-state index contributed by atoms with van der Waals surface area (Å²) >= 11 is 0. The smallest absolute Gasteiger partial charge is 0.0684 e. The van der Waals surface area contributed by atoms with Gasteiger partial charge in [0, 0.05) is 0 Å². The Balaban J connectivity index is 2.87. The zero-order chi connectivity index (χ0) is 10.1. The summed E-state index contributed by atoms with van der Waals surface area (Å²) < 4.78 is 0. The van der Waals surface area contributed by atoms with Gasteiger partial charge < -0.3 is 5.11 Å². The third-order valence-electron chi connectivity index (χ3n) is 2.80. The number of hydrogen-bond acceptors (Lipinski definition) is 1. The van der Waals surface area contributed by atoms with Crippen molar-refractivity contribution < 1.29 is 5.11 Å². The third kappa shape index (κ3) is 1.30. The number of fused-ring (bicyclic) bond motifs is 1. The molecule has 0 saturated heterocycles. The molecule has 0 fully saturated rings. The number of aliphatic hydroxyl groups is 1. The van der Waals surface area contributed by atoms with Gasteiger partial charge in [-0.25, -0.2) is 0 Å². The first-order valence-electron chi connectivity index (χ1n) is 4.82. The van der Waals surface area contributed by atoms with Crippen LogP contribution in [-0.2, 0) is 6.61 Å². The summed E-state index contributed by atoms with van der Waals surface area (Å²) in [4.78, 5) is 0. The van der Waals surface area contributed by atoms with Crippen molar-refractivity contribution in [3.8, 4) is 0 Å². The Morgan fingerprint density at radius 3 is 2.36 bits per heavy atom. The van der Waals surface area contributed by atoms with Crippen LogP contribution in [-0.4, -0.2) is 5.11 Å². The van der Waals surface area contributed by atoms with Gasteiger partial charge in [-0.05, 0) is 41.3 Å². The predicted molar refractivity (Wildman–Crippen MR) is 59.3 cm³/mol. The van der Waals surface area contributed by atoms with E-state index in [1.54, 1.807) is 0 Å². The monoisotopic (exact) mass is 186 g/mol. The highest BCUT2D eigenvalue weighted by Crippen LogP contribution is 2.25. The van der Waals surface area contributed by atoms with E-state index in [0.29, 0.717) is 0 Å². The fraction of sp³-hybridized carbons (Fsp3) is 0.231. The highest BCUT2D eigenvalue weighted by atomic mass is 16.3. The number of hydrogen-bond donors (Lipinski definition) is 1. The Labute approximate surface area is 84.0 Å². The van der Waals surface area contributed by atoms with Crippen LogP contribution in [0.5, 0.6) is 0 Å². The van der Waals surface area contributed by atoms with E-state index in [2.05, 4.69) is 32.0 Å². The summed E-state index contributed by atoms with van der Waals surface area (Å²) in [6.07, 6.45) is 0. The Hall–Kier alpha value is -1.34. The van der Waals surface area contributed by atoms with Gasteiger partial charge in [0.2, 0.25) is 0 Å². The molecule has 0 spiro atoms. The van der Waals surface area contributed by atoms with Crippen LogP contribution in [0.1, 0.15) is 16.7 Å². The van der Waals surface area contributed by atoms with Crippen LogP contribution >= 0.6 is 0 Å². The first kappa shape index (κ1) is 9.22. The van der Waals surface area contributed by atoms with Gasteiger partial charge in [-0.15, -0.1) is 0 Å². The van der Waals surface area contributed by atoms with Crippen molar-refractivity contribution in [3.63, 3.8) is 0 Å². The van der Waals surface area contributed by atoms with Crippen LogP contribution in [0, 0.1) is 13.8 Å². The molecule has 2 aromatic rings. The Morgan fingerprint density at radius 1 is 1.07 bits per heavy atom. The second-order valence-corrected chi connectivity index (χ2v) is 3.68. The van der Waals surface area contributed by atoms with E-state index in [1.807, 2.05) is 12.1 Å². The van der Waals surface area contributed by atoms with Gasteiger partial charge in [0.1, 0.15) is 0 Å². The van der Waals surface area contributed by atoms with Crippen LogP contribution in [0.3, 0.4) is 0 Å². The maximum absolute atomic E-state index is 9.20. The molecule has 0 saturated carbocycles. The molecule has 1 heteroatoms. The third-order valence-corrected chi connectivity index (χ3v) is 2.80. The van der Waals surface area contributed by atoms with Gasteiger partial charge >= 0.3 is 0 Å². The van der Waals surface area contributed by atoms with Gasteiger partial charge in [-0.2, -0.15) is 0 Å². The van der Waals surface area contributed by atoms with E-state index < -0.39 is 0 Å². The second-order valence-electron chi connectivity index (χ2n) is 3.68. The summed E-state index contributed by atoms with van der Waals surface area (Å²) in [6.45, 7) is 4.27. The lowest BCUT2D eigenvalue weighted by Gasteiger charge is -2.09. The molecule has 0 radical (unpaired) electrons. The zero-order valence-corrected chi connectivity index (χ0v) is 8.54. The lowest BCUT2D eigenvalue weighted by molar-refractivity contribution is 0.281. The molecular formula is C13H14O. The lowest BCUT2D eigenvalue weighted by Crippen LogP contribution is -1.92. The lowest BCUT2D eigenvalue weighted by atomic mass is 9.96. The molecule has 1 N–H and O–H groups in total. The van der Waals surface area contributed by atoms with Crippen molar-refractivity contribution >= 4 is 10.8 Å². The fourth-order valence-electron chi connectivity index (χ4n) is 1.94. The molecule has 0 aliphatic carbocycles. The molecule has 0 aliphatic rings. The Kier molecular flexibility index (Phi) is 2.26. The molecule has 0 aromatic heterocycles. The molecule has 0 aliphatic heterocycles. The molecule has 0 bridgehead atoms. The highest BCUT2D eigenvalue weighted by Gasteiger charge is 2.04. The van der Waals surface area contributed by atoms with E-state index in [4.69, 9.17) is 0 Å². The number of benzene rings is 2. The largest absolute Gasteiger partial charge is 0.392 e. The predicted octanol–water partition coefficient (Wildman–Crippen LogP) is 2.95. The topological polar surface area (TPSA) is 20.2 Å². The summed E-state index contributed by atoms with van der Waals surface area (Å²) in [7, 11) is 0. The van der Waals surface area contributed by atoms with Crippen molar-refractivity contribution in [2.24, 2.45) is 0 Å². The van der Waals surface area contributed by atoms with Crippen LogP contribution < -0.4 is 0 Å². The van der Waals surface area contributed by atoms with Crippen molar-refractivity contribution in [3.05, 3.63) is 47.0 Å². The average Bonchev–Trinajstić information content (AvgIpc) is 2.23. The van der Waals surface area contributed by atoms with Crippen LogP contribution in [0.4, 0.5) is 0 Å². The van der Waals surface area contributed by atoms with Crippen LogP contribution in [0.15, 0.2) is 30.3 Å². The van der Waals surface area contributed by atoms with E-state index in [9.17, 15) is 5.11 Å². The molecule has 2 rings (SSSR count). The molecule has 0 unspecified atom stereocenters. The highest BCUT2D eigenvalue weighted by molar-refractivity contribution is 5.89. The summed E-state index contributed by atoms with van der Waals surface area (Å²) in [5.74, 6) is 0. The molecule has 0 amide bonds. The molecular weight excluding hydrogens is 172 g/mol. The molecule has 72 valence electrons. The SMILES string of the molecule is Cc1cc(CO)c(C)c2ccccc12. The van der Waals surface area contributed by atoms with E-state index in [-0.39, 0.29) is 6.61 Å². The standard InChI is InChI=1S/C13H14O/c1-9-7-11(8-14)10(2)13-6-4-3-5-12(9)13/h3-7,14H,8H2,1-2H3. The molecule has 14 heavy (non-hydrogen) atoms. The van der Waals surface area contributed by atoms with E-state index in [1.165, 1.54) is 21.9 Å². The Morgan fingerprint density at radius 2 is 1.71 bits per heavy atom. The summed E-state index contributed by atoms with van der Waals surface area (Å²) in [6, 6.07) is 10.4. The number of rotatable bonds is 1. The average molecular weight is 186 g/mol. The van der Waals surface area contributed by atoms with Crippen molar-refractivity contribution in [1.29, 1.82) is 0 Å². The van der Waals surface area contributed by atoms with E-state index in [0.717, 1.165) is 5.56 Å². The van der Waals surface area contributed by atoms with Gasteiger partial charge in [-0.1, -0.05) is 30.3 Å². The van der Waals surface area contributed by atoms with Gasteiger partial charge in [0.25, 0.3) is 0 Å². The maximum Gasteiger partial charge on any atom is 0.0684 e. The summed E-state index contributed by atoms with van der Waals surface area (Å²) in [5, 5.41) is 11.7. The first-order chi connectivity index (χ1) is 6.74. The number of aryl methyl sites for hydroxylation is 2. The second kappa shape index (κ2) is 3.43. The maximum atomic E-state index is 9.20. The number of aliphatic hydroxyl groups excluding tert-OH is 1. The quantitative estimate of drug-likeness (QED) is 0.726. The first-order valence-corrected chi connectivity index (χ1v) is 4.82. The van der Waals surface area contributed by atoms with Crippen LogP contribution in [0.2, 0.25) is 0 Å². The van der Waals surface area contributed by atoms with Crippen molar-refractivity contribution in [2.45, 2.75) is 20.5 Å². The zero-order valence-electron chi connectivity index (χ0n) is 8.54. The van der Waals surface area contributed by atoms with Gasteiger partial charge in [-0.3, -0.25) is 0 Å². The molecule has 0 heterocycles.